The van der Waals surface area contributed by atoms with Gasteiger partial charge in [0.15, 0.2) is 0 Å². The van der Waals surface area contributed by atoms with E-state index in [0.717, 1.165) is 64.7 Å². The number of amides is 2. The van der Waals surface area contributed by atoms with Crippen LogP contribution in [0.2, 0.25) is 0 Å². The normalized spacial score (nSPS) is 25.0. The van der Waals surface area contributed by atoms with Crippen molar-refractivity contribution in [3.63, 3.8) is 0 Å². The van der Waals surface area contributed by atoms with E-state index >= 15 is 4.39 Å². The van der Waals surface area contributed by atoms with Gasteiger partial charge in [-0.05, 0) is 110 Å². The smallest absolute Gasteiger partial charge is 0.306 e. The Bertz CT molecular complexity index is 1210. The number of halogens is 1. The van der Waals surface area contributed by atoms with Crippen molar-refractivity contribution < 1.29 is 28.2 Å². The molecule has 3 aliphatic heterocycles. The van der Waals surface area contributed by atoms with Crippen molar-refractivity contribution in [1.29, 1.82) is 0 Å². The lowest BCUT2D eigenvalue weighted by molar-refractivity contribution is -0.155. The third-order valence-corrected chi connectivity index (χ3v) is 9.74. The SMILES string of the molecule is Cc1cc(C2CCN(C3CC(OC4CCN(C)CC4)C3)CC2)c(F)c2c1C(=O)N([C@@H](CCC(=O)OC(C)(C)C)C(N)=O)C2. The van der Waals surface area contributed by atoms with Gasteiger partial charge in [-0.3, -0.25) is 14.4 Å². The summed E-state index contributed by atoms with van der Waals surface area (Å²) in [5, 5.41) is 0. The molecule has 1 aromatic carbocycles. The molecular weight excluding hydrogens is 551 g/mol. The van der Waals surface area contributed by atoms with E-state index in [0.29, 0.717) is 40.5 Å². The van der Waals surface area contributed by atoms with Crippen LogP contribution in [0.3, 0.4) is 0 Å². The molecule has 5 rings (SSSR count). The van der Waals surface area contributed by atoms with Crippen LogP contribution in [0.4, 0.5) is 4.39 Å². The van der Waals surface area contributed by atoms with E-state index in [1.165, 1.54) is 4.90 Å². The Morgan fingerprint density at radius 3 is 2.33 bits per heavy atom. The quantitative estimate of drug-likeness (QED) is 0.429. The molecule has 9 nitrogen and oxygen atoms in total. The maximum absolute atomic E-state index is 16.1. The highest BCUT2D eigenvalue weighted by Crippen LogP contribution is 2.40. The van der Waals surface area contributed by atoms with Crippen LogP contribution in [0.15, 0.2) is 6.07 Å². The largest absolute Gasteiger partial charge is 0.460 e. The summed E-state index contributed by atoms with van der Waals surface area (Å²) in [4.78, 5) is 44.3. The van der Waals surface area contributed by atoms with E-state index in [-0.39, 0.29) is 31.1 Å². The van der Waals surface area contributed by atoms with Crippen molar-refractivity contribution in [2.75, 3.05) is 33.2 Å². The molecule has 0 radical (unpaired) electrons. The lowest BCUT2D eigenvalue weighted by Gasteiger charge is -2.47. The molecule has 0 spiro atoms. The summed E-state index contributed by atoms with van der Waals surface area (Å²) in [7, 11) is 2.17. The van der Waals surface area contributed by atoms with Crippen molar-refractivity contribution in [1.82, 2.24) is 14.7 Å². The maximum Gasteiger partial charge on any atom is 0.306 e. The highest BCUT2D eigenvalue weighted by atomic mass is 19.1. The highest BCUT2D eigenvalue weighted by molar-refractivity contribution is 6.02. The average molecular weight is 601 g/mol. The number of piperidine rings is 2. The summed E-state index contributed by atoms with van der Waals surface area (Å²) in [6.45, 7) is 11.2. The molecule has 0 bridgehead atoms. The number of rotatable bonds is 9. The average Bonchev–Trinajstić information content (AvgIpc) is 3.26. The van der Waals surface area contributed by atoms with Gasteiger partial charge in [0.2, 0.25) is 5.91 Å². The molecule has 0 aromatic heterocycles. The molecule has 1 aliphatic carbocycles. The number of hydrogen-bond donors (Lipinski definition) is 1. The number of hydrogen-bond acceptors (Lipinski definition) is 7. The van der Waals surface area contributed by atoms with E-state index in [1.807, 2.05) is 13.0 Å². The molecule has 1 saturated carbocycles. The van der Waals surface area contributed by atoms with Crippen molar-refractivity contribution in [3.05, 3.63) is 34.1 Å². The Labute approximate surface area is 255 Å². The molecule has 238 valence electrons. The van der Waals surface area contributed by atoms with E-state index in [4.69, 9.17) is 15.2 Å². The first-order valence-corrected chi connectivity index (χ1v) is 16.0. The molecule has 4 aliphatic rings. The van der Waals surface area contributed by atoms with Crippen LogP contribution in [0.1, 0.15) is 105 Å². The third kappa shape index (κ3) is 7.23. The molecule has 1 aromatic rings. The first-order chi connectivity index (χ1) is 20.3. The number of primary amides is 1. The van der Waals surface area contributed by atoms with Gasteiger partial charge in [-0.2, -0.15) is 0 Å². The zero-order valence-electron chi connectivity index (χ0n) is 26.5. The molecule has 0 unspecified atom stereocenters. The van der Waals surface area contributed by atoms with E-state index in [1.54, 1.807) is 20.8 Å². The number of esters is 1. The molecule has 43 heavy (non-hydrogen) atoms. The summed E-state index contributed by atoms with van der Waals surface area (Å²) in [6, 6.07) is 1.35. The van der Waals surface area contributed by atoms with Crippen molar-refractivity contribution >= 4 is 17.8 Å². The topological polar surface area (TPSA) is 105 Å². The predicted octanol–water partition coefficient (Wildman–Crippen LogP) is 3.89. The number of likely N-dealkylation sites (tertiary alicyclic amines) is 2. The second kappa shape index (κ2) is 12.8. The first-order valence-electron chi connectivity index (χ1n) is 16.0. The molecular formula is C33H49FN4O5. The molecule has 2 N–H and O–H groups in total. The number of fused-ring (bicyclic) bond motifs is 1. The predicted molar refractivity (Wildman–Crippen MR) is 161 cm³/mol. The number of aryl methyl sites for hydroxylation is 1. The van der Waals surface area contributed by atoms with Gasteiger partial charge in [0, 0.05) is 31.1 Å². The highest BCUT2D eigenvalue weighted by Gasteiger charge is 2.41. The van der Waals surface area contributed by atoms with Crippen molar-refractivity contribution in [2.45, 2.75) is 121 Å². The van der Waals surface area contributed by atoms with Gasteiger partial charge in [0.25, 0.3) is 5.91 Å². The second-order valence-electron chi connectivity index (χ2n) is 14.1. The zero-order chi connectivity index (χ0) is 31.1. The molecule has 2 amide bonds. The third-order valence-electron chi connectivity index (χ3n) is 9.74. The Morgan fingerprint density at radius 1 is 1.07 bits per heavy atom. The minimum Gasteiger partial charge on any atom is -0.460 e. The van der Waals surface area contributed by atoms with Crippen LogP contribution < -0.4 is 5.73 Å². The fourth-order valence-corrected chi connectivity index (χ4v) is 7.29. The Morgan fingerprint density at radius 2 is 1.72 bits per heavy atom. The van der Waals surface area contributed by atoms with Gasteiger partial charge >= 0.3 is 5.97 Å². The Kier molecular flexibility index (Phi) is 9.49. The van der Waals surface area contributed by atoms with Crippen LogP contribution in [0.25, 0.3) is 0 Å². The molecule has 10 heteroatoms. The fourth-order valence-electron chi connectivity index (χ4n) is 7.29. The molecule has 3 fully saturated rings. The Balaban J connectivity index is 1.17. The van der Waals surface area contributed by atoms with Crippen LogP contribution in [-0.2, 0) is 25.6 Å². The van der Waals surface area contributed by atoms with Gasteiger partial charge in [0.05, 0.1) is 24.3 Å². The van der Waals surface area contributed by atoms with E-state index in [9.17, 15) is 14.4 Å². The van der Waals surface area contributed by atoms with Crippen LogP contribution >= 0.6 is 0 Å². The maximum atomic E-state index is 16.1. The number of nitrogens with two attached hydrogens (primary N) is 1. The molecule has 3 heterocycles. The van der Waals surface area contributed by atoms with Gasteiger partial charge in [-0.1, -0.05) is 6.07 Å². The standard InChI is InChI=1S/C33H49FN4O5/c1-20-16-25(21-8-14-37(15-9-21)22-17-24(18-22)42-23-10-12-36(5)13-11-23)30(34)26-19-38(32(41)29(20)26)27(31(35)40)6-7-28(39)43-33(2,3)4/h16,21-24,27H,6-15,17-19H2,1-5H3,(H2,35,40)/t22?,24?,27-/m0/s1. The summed E-state index contributed by atoms with van der Waals surface area (Å²) in [5.41, 5.74) is 7.03. The molecule has 2 saturated heterocycles. The van der Waals surface area contributed by atoms with Gasteiger partial charge in [-0.15, -0.1) is 0 Å². The monoisotopic (exact) mass is 600 g/mol. The van der Waals surface area contributed by atoms with Crippen LogP contribution in [0, 0.1) is 12.7 Å². The summed E-state index contributed by atoms with van der Waals surface area (Å²) in [6.07, 6.45) is 6.84. The minimum atomic E-state index is -1.02. The van der Waals surface area contributed by atoms with Crippen molar-refractivity contribution in [2.24, 2.45) is 5.73 Å². The van der Waals surface area contributed by atoms with Gasteiger partial charge < -0.3 is 29.9 Å². The summed E-state index contributed by atoms with van der Waals surface area (Å²) >= 11 is 0. The van der Waals surface area contributed by atoms with Gasteiger partial charge in [0.1, 0.15) is 17.5 Å². The first kappa shape index (κ1) is 31.9. The number of carbonyl (C=O) groups is 3. The van der Waals surface area contributed by atoms with E-state index in [2.05, 4.69) is 16.8 Å². The van der Waals surface area contributed by atoms with Crippen LogP contribution in [0.5, 0.6) is 0 Å². The van der Waals surface area contributed by atoms with Crippen molar-refractivity contribution in [3.8, 4) is 0 Å². The number of ether oxygens (including phenoxy) is 2. The summed E-state index contributed by atoms with van der Waals surface area (Å²) < 4.78 is 27.8. The zero-order valence-corrected chi connectivity index (χ0v) is 26.5. The van der Waals surface area contributed by atoms with Gasteiger partial charge in [-0.25, -0.2) is 4.39 Å². The summed E-state index contributed by atoms with van der Waals surface area (Å²) in [5.74, 6) is -1.87. The van der Waals surface area contributed by atoms with E-state index < -0.39 is 29.4 Å². The van der Waals surface area contributed by atoms with Crippen LogP contribution in [-0.4, -0.2) is 95.6 Å². The number of nitrogens with zero attached hydrogens (tertiary/aromatic N) is 3. The minimum absolute atomic E-state index is 0.0288. The number of benzene rings is 1. The Hall–Kier alpha value is -2.56. The lowest BCUT2D eigenvalue weighted by atomic mass is 9.82. The second-order valence-corrected chi connectivity index (χ2v) is 14.1. The number of carbonyl (C=O) groups excluding carboxylic acids is 3. The molecule has 1 atom stereocenters. The fraction of sp³-hybridized carbons (Fsp3) is 0.727. The lowest BCUT2D eigenvalue weighted by Crippen LogP contribution is -2.51.